The molecule has 1 fully saturated rings. The second-order valence-corrected chi connectivity index (χ2v) is 6.67. The number of likely N-dealkylation sites (tertiary alicyclic amines) is 1. The Balaban J connectivity index is 1.43. The summed E-state index contributed by atoms with van der Waals surface area (Å²) in [5.41, 5.74) is 3.00. The van der Waals surface area contributed by atoms with Crippen molar-refractivity contribution in [2.75, 3.05) is 13.1 Å². The Morgan fingerprint density at radius 3 is 2.92 bits per heavy atom. The fourth-order valence-electron chi connectivity index (χ4n) is 3.68. The van der Waals surface area contributed by atoms with Crippen LogP contribution in [0.4, 0.5) is 0 Å². The first-order valence-electron chi connectivity index (χ1n) is 8.76. The zero-order valence-electron chi connectivity index (χ0n) is 14.1. The number of amides is 1. The molecule has 1 N–H and O–H groups in total. The minimum Gasteiger partial charge on any atom is -0.339 e. The maximum absolute atomic E-state index is 12.6. The molecule has 1 aromatic carbocycles. The van der Waals surface area contributed by atoms with Crippen molar-refractivity contribution in [1.29, 1.82) is 0 Å². The van der Waals surface area contributed by atoms with E-state index in [2.05, 4.69) is 38.4 Å². The van der Waals surface area contributed by atoms with E-state index in [0.29, 0.717) is 11.5 Å². The van der Waals surface area contributed by atoms with E-state index in [-0.39, 0.29) is 5.91 Å². The molecule has 1 saturated heterocycles. The lowest BCUT2D eigenvalue weighted by atomic mass is 9.91. The lowest BCUT2D eigenvalue weighted by Crippen LogP contribution is -2.32. The number of hydrogen-bond acceptors (Lipinski definition) is 4. The summed E-state index contributed by atoms with van der Waals surface area (Å²) in [6, 6.07) is 6.33. The van der Waals surface area contributed by atoms with E-state index in [9.17, 15) is 4.79 Å². The summed E-state index contributed by atoms with van der Waals surface area (Å²) in [6.45, 7) is 1.60. The number of carbonyl (C=O) groups excluding carboxylic acids is 1. The van der Waals surface area contributed by atoms with Gasteiger partial charge in [0.1, 0.15) is 6.33 Å². The molecule has 25 heavy (non-hydrogen) atoms. The number of aromatic amines is 1. The molecule has 6 nitrogen and oxygen atoms in total. The first-order valence-corrected chi connectivity index (χ1v) is 8.76. The van der Waals surface area contributed by atoms with Crippen molar-refractivity contribution in [3.8, 4) is 0 Å². The van der Waals surface area contributed by atoms with Gasteiger partial charge in [0, 0.05) is 30.9 Å². The number of benzene rings is 1. The first-order chi connectivity index (χ1) is 12.3. The van der Waals surface area contributed by atoms with Gasteiger partial charge in [0.05, 0.1) is 17.3 Å². The summed E-state index contributed by atoms with van der Waals surface area (Å²) in [7, 11) is 0. The first kappa shape index (κ1) is 15.7. The van der Waals surface area contributed by atoms with Gasteiger partial charge in [0.15, 0.2) is 0 Å². The van der Waals surface area contributed by atoms with Crippen molar-refractivity contribution in [2.24, 2.45) is 5.92 Å². The minimum atomic E-state index is 0.0400. The molecule has 2 aromatic heterocycles. The van der Waals surface area contributed by atoms with Crippen LogP contribution in [0, 0.1) is 5.92 Å². The second-order valence-electron chi connectivity index (χ2n) is 6.67. The van der Waals surface area contributed by atoms with Crippen LogP contribution in [0.25, 0.3) is 10.9 Å². The van der Waals surface area contributed by atoms with Gasteiger partial charge in [-0.15, -0.1) is 0 Å². The van der Waals surface area contributed by atoms with Crippen LogP contribution in [0.5, 0.6) is 0 Å². The molecule has 0 radical (unpaired) electrons. The van der Waals surface area contributed by atoms with E-state index < -0.39 is 0 Å². The van der Waals surface area contributed by atoms with Crippen LogP contribution in [-0.4, -0.2) is 44.1 Å². The van der Waals surface area contributed by atoms with Gasteiger partial charge in [-0.05, 0) is 43.2 Å². The predicted octanol–water partition coefficient (Wildman–Crippen LogP) is 2.84. The van der Waals surface area contributed by atoms with Gasteiger partial charge >= 0.3 is 0 Å². The molecule has 0 spiro atoms. The molecule has 128 valence electrons. The fourth-order valence-corrected chi connectivity index (χ4v) is 3.68. The Labute approximate surface area is 146 Å². The number of rotatable bonds is 3. The number of H-pyrrole nitrogens is 1. The largest absolute Gasteiger partial charge is 0.339 e. The van der Waals surface area contributed by atoms with Crippen molar-refractivity contribution >= 4 is 16.8 Å². The number of aromatic nitrogens is 4. The molecule has 1 atom stereocenters. The van der Waals surface area contributed by atoms with Crippen molar-refractivity contribution in [3.05, 3.63) is 54.2 Å². The molecule has 6 heteroatoms. The van der Waals surface area contributed by atoms with Gasteiger partial charge in [-0.1, -0.05) is 12.1 Å². The number of hydrogen-bond donors (Lipinski definition) is 1. The van der Waals surface area contributed by atoms with Gasteiger partial charge in [0.2, 0.25) is 0 Å². The predicted molar refractivity (Wildman–Crippen MR) is 95.1 cm³/mol. The Kier molecular flexibility index (Phi) is 4.41. The molecule has 3 aromatic rings. The summed E-state index contributed by atoms with van der Waals surface area (Å²) in [5, 5.41) is 8.40. The van der Waals surface area contributed by atoms with Crippen LogP contribution in [0.2, 0.25) is 0 Å². The van der Waals surface area contributed by atoms with Crippen LogP contribution >= 0.6 is 0 Å². The normalized spacial score (nSPS) is 18.2. The molecule has 0 bridgehead atoms. The van der Waals surface area contributed by atoms with Crippen molar-refractivity contribution in [3.63, 3.8) is 0 Å². The van der Waals surface area contributed by atoms with Crippen LogP contribution in [-0.2, 0) is 6.42 Å². The maximum Gasteiger partial charge on any atom is 0.256 e. The molecular weight excluding hydrogens is 314 g/mol. The highest BCUT2D eigenvalue weighted by Gasteiger charge is 2.22. The molecule has 1 aliphatic heterocycles. The number of fused-ring (bicyclic) bond motifs is 1. The lowest BCUT2D eigenvalue weighted by Gasteiger charge is -2.20. The van der Waals surface area contributed by atoms with E-state index in [1.54, 1.807) is 12.4 Å². The Hall–Kier alpha value is -2.76. The molecule has 3 heterocycles. The third-order valence-corrected chi connectivity index (χ3v) is 5.03. The highest BCUT2D eigenvalue weighted by atomic mass is 16.2. The number of carbonyl (C=O) groups is 1. The fraction of sp³-hybridized carbons (Fsp3) is 0.368. The summed E-state index contributed by atoms with van der Waals surface area (Å²) in [6.07, 6.45) is 10.8. The maximum atomic E-state index is 12.6. The highest BCUT2D eigenvalue weighted by Crippen LogP contribution is 2.26. The van der Waals surface area contributed by atoms with Crippen molar-refractivity contribution in [1.82, 2.24) is 25.1 Å². The summed E-state index contributed by atoms with van der Waals surface area (Å²) in [5.74, 6) is 0.628. The molecular formula is C19H21N5O. The zero-order valence-corrected chi connectivity index (χ0v) is 14.1. The Bertz CT molecular complexity index is 860. The zero-order chi connectivity index (χ0) is 17.1. The summed E-state index contributed by atoms with van der Waals surface area (Å²) < 4.78 is 0. The third kappa shape index (κ3) is 3.38. The van der Waals surface area contributed by atoms with Gasteiger partial charge in [0.25, 0.3) is 5.91 Å². The van der Waals surface area contributed by atoms with Gasteiger partial charge in [-0.2, -0.15) is 5.10 Å². The average Bonchev–Trinajstić information content (AvgIpc) is 3.02. The van der Waals surface area contributed by atoms with Crippen molar-refractivity contribution < 1.29 is 4.79 Å². The smallest absolute Gasteiger partial charge is 0.256 e. The van der Waals surface area contributed by atoms with Gasteiger partial charge in [-0.25, -0.2) is 9.97 Å². The molecule has 4 rings (SSSR count). The third-order valence-electron chi connectivity index (χ3n) is 5.03. The van der Waals surface area contributed by atoms with E-state index in [4.69, 9.17) is 0 Å². The average molecular weight is 335 g/mol. The summed E-state index contributed by atoms with van der Waals surface area (Å²) >= 11 is 0. The van der Waals surface area contributed by atoms with Crippen LogP contribution in [0.3, 0.4) is 0 Å². The van der Waals surface area contributed by atoms with E-state index in [1.165, 1.54) is 17.3 Å². The minimum absolute atomic E-state index is 0.0400. The molecule has 0 unspecified atom stereocenters. The molecule has 0 saturated carbocycles. The SMILES string of the molecule is O=C(c1cncnc1)N1CCC[C@@H](Cc2cccc3[nH]ncc23)CC1. The standard InChI is InChI=1S/C19H21N5O/c25-19(16-10-20-13-21-11-16)24-7-2-3-14(6-8-24)9-15-4-1-5-18-17(15)12-22-23-18/h1,4-5,10-14H,2-3,6-9H2,(H,22,23)/t14-/m1/s1. The van der Waals surface area contributed by atoms with Crippen molar-refractivity contribution in [2.45, 2.75) is 25.7 Å². The topological polar surface area (TPSA) is 74.8 Å². The van der Waals surface area contributed by atoms with E-state index in [1.807, 2.05) is 11.1 Å². The van der Waals surface area contributed by atoms with Crippen LogP contribution < -0.4 is 0 Å². The van der Waals surface area contributed by atoms with Crippen LogP contribution in [0.15, 0.2) is 43.1 Å². The van der Waals surface area contributed by atoms with E-state index in [0.717, 1.165) is 44.3 Å². The quantitative estimate of drug-likeness (QED) is 0.798. The lowest BCUT2D eigenvalue weighted by molar-refractivity contribution is 0.0759. The van der Waals surface area contributed by atoms with Gasteiger partial charge in [-0.3, -0.25) is 9.89 Å². The molecule has 0 aliphatic carbocycles. The molecule has 1 aliphatic rings. The summed E-state index contributed by atoms with van der Waals surface area (Å²) in [4.78, 5) is 22.4. The van der Waals surface area contributed by atoms with Crippen LogP contribution in [0.1, 0.15) is 35.2 Å². The number of nitrogens with zero attached hydrogens (tertiary/aromatic N) is 4. The highest BCUT2D eigenvalue weighted by molar-refractivity contribution is 5.93. The van der Waals surface area contributed by atoms with Gasteiger partial charge < -0.3 is 4.90 Å². The second kappa shape index (κ2) is 7.01. The van der Waals surface area contributed by atoms with E-state index >= 15 is 0 Å². The Morgan fingerprint density at radius 2 is 2.04 bits per heavy atom. The number of nitrogens with one attached hydrogen (secondary N) is 1. The monoisotopic (exact) mass is 335 g/mol. The molecule has 1 amide bonds. The Morgan fingerprint density at radius 1 is 1.16 bits per heavy atom.